The van der Waals surface area contributed by atoms with E-state index in [1.165, 1.54) is 0 Å². The standard InChI is InChI=1S/C36H42ClFN4O5Si/c1-24-34(48(2,3)38)31(20-32(44)40(17-18-43)22-25-7-5-4-6-8-25)47-36(24)29-19-27(37)11-14-30(29)42(35(36)46)23-26-9-12-28(13-10-26)41-16-15-39-21-33(41)45/h4-14,19,24,31,34,39,43H,15-18,20-23H2,1-3H3/t24-,31+,34-,36+/m0/s1. The molecule has 9 nitrogen and oxygen atoms in total. The van der Waals surface area contributed by atoms with Gasteiger partial charge in [0.15, 0.2) is 5.60 Å². The van der Waals surface area contributed by atoms with Gasteiger partial charge in [0.2, 0.25) is 20.2 Å². The summed E-state index contributed by atoms with van der Waals surface area (Å²) >= 11 is 6.52. The number of fused-ring (bicyclic) bond motifs is 2. The first-order chi connectivity index (χ1) is 22.9. The average molecular weight is 693 g/mol. The number of rotatable bonds is 10. The van der Waals surface area contributed by atoms with Gasteiger partial charge in [-0.2, -0.15) is 0 Å². The van der Waals surface area contributed by atoms with Crippen molar-refractivity contribution in [2.24, 2.45) is 5.92 Å². The van der Waals surface area contributed by atoms with E-state index in [1.54, 1.807) is 46.0 Å². The van der Waals surface area contributed by atoms with E-state index in [0.717, 1.165) is 16.8 Å². The van der Waals surface area contributed by atoms with Crippen LogP contribution < -0.4 is 15.1 Å². The number of piperazine rings is 1. The van der Waals surface area contributed by atoms with Crippen molar-refractivity contribution in [2.45, 2.75) is 56.8 Å². The Morgan fingerprint density at radius 3 is 2.50 bits per heavy atom. The zero-order valence-electron chi connectivity index (χ0n) is 27.5. The number of aliphatic hydroxyl groups is 1. The Kier molecular flexibility index (Phi) is 9.79. The third kappa shape index (κ3) is 6.41. The van der Waals surface area contributed by atoms with Gasteiger partial charge >= 0.3 is 0 Å². The zero-order chi connectivity index (χ0) is 34.2. The number of hydrogen-bond donors (Lipinski definition) is 2. The summed E-state index contributed by atoms with van der Waals surface area (Å²) in [7, 11) is -3.51. The molecular weight excluding hydrogens is 651 g/mol. The molecule has 0 aliphatic carbocycles. The summed E-state index contributed by atoms with van der Waals surface area (Å²) in [5.74, 6) is -1.17. The van der Waals surface area contributed by atoms with Crippen LogP contribution in [0.2, 0.25) is 23.7 Å². The van der Waals surface area contributed by atoms with Gasteiger partial charge in [-0.15, -0.1) is 0 Å². The number of benzene rings is 3. The topological polar surface area (TPSA) is 102 Å². The molecule has 3 aliphatic heterocycles. The van der Waals surface area contributed by atoms with Gasteiger partial charge in [0.1, 0.15) is 0 Å². The maximum atomic E-state index is 16.3. The van der Waals surface area contributed by atoms with E-state index in [9.17, 15) is 19.5 Å². The second-order valence-corrected chi connectivity index (χ2v) is 17.7. The molecular formula is C36H42ClFN4O5Si. The summed E-state index contributed by atoms with van der Waals surface area (Å²) in [5, 5.41) is 13.3. The van der Waals surface area contributed by atoms with E-state index in [-0.39, 0.29) is 43.8 Å². The minimum Gasteiger partial charge on any atom is -0.395 e. The lowest BCUT2D eigenvalue weighted by atomic mass is 9.82. The highest BCUT2D eigenvalue weighted by Gasteiger charge is 2.67. The molecule has 2 fully saturated rings. The fraction of sp³-hybridized carbons (Fsp3) is 0.417. The molecule has 2 saturated heterocycles. The maximum absolute atomic E-state index is 16.3. The number of anilines is 2. The minimum atomic E-state index is -3.51. The van der Waals surface area contributed by atoms with Crippen LogP contribution in [0.15, 0.2) is 72.8 Å². The molecule has 0 aromatic heterocycles. The average Bonchev–Trinajstić information content (AvgIpc) is 3.48. The molecule has 12 heteroatoms. The molecule has 6 rings (SSSR count). The van der Waals surface area contributed by atoms with Crippen LogP contribution in [0, 0.1) is 5.92 Å². The van der Waals surface area contributed by atoms with Crippen LogP contribution in [-0.4, -0.2) is 75.0 Å². The highest BCUT2D eigenvalue weighted by molar-refractivity contribution is 6.72. The third-order valence-corrected chi connectivity index (χ3v) is 12.6. The molecule has 0 saturated carbocycles. The number of carbonyl (C=O) groups is 3. The van der Waals surface area contributed by atoms with Crippen LogP contribution in [0.1, 0.15) is 30.0 Å². The largest absolute Gasteiger partial charge is 0.395 e. The Bertz CT molecular complexity index is 1670. The van der Waals surface area contributed by atoms with Crippen LogP contribution in [0.4, 0.5) is 15.5 Å². The van der Waals surface area contributed by atoms with Crippen molar-refractivity contribution in [2.75, 3.05) is 42.6 Å². The van der Waals surface area contributed by atoms with Crippen LogP contribution in [0.5, 0.6) is 0 Å². The number of nitrogens with one attached hydrogen (secondary N) is 1. The summed E-state index contributed by atoms with van der Waals surface area (Å²) < 4.78 is 23.1. The number of amides is 3. The number of hydrogen-bond acceptors (Lipinski definition) is 6. The molecule has 3 aromatic carbocycles. The fourth-order valence-corrected chi connectivity index (χ4v) is 10.4. The molecule has 0 unspecified atom stereocenters. The Morgan fingerprint density at radius 1 is 1.10 bits per heavy atom. The van der Waals surface area contributed by atoms with Crippen LogP contribution in [0.3, 0.4) is 0 Å². The Morgan fingerprint density at radius 2 is 1.83 bits per heavy atom. The second-order valence-electron chi connectivity index (χ2n) is 13.4. The summed E-state index contributed by atoms with van der Waals surface area (Å²) in [5.41, 5.74) is 1.56. The molecule has 3 heterocycles. The van der Waals surface area contributed by atoms with Gasteiger partial charge in [-0.05, 0) is 54.6 Å². The molecule has 2 N–H and O–H groups in total. The highest BCUT2D eigenvalue weighted by atomic mass is 35.5. The molecule has 4 atom stereocenters. The van der Waals surface area contributed by atoms with Gasteiger partial charge in [-0.3, -0.25) is 14.4 Å². The Balaban J connectivity index is 1.30. The molecule has 0 radical (unpaired) electrons. The van der Waals surface area contributed by atoms with E-state index >= 15 is 4.11 Å². The number of aliphatic hydroxyl groups excluding tert-OH is 1. The normalized spacial score (nSPS) is 24.0. The van der Waals surface area contributed by atoms with Crippen molar-refractivity contribution in [3.63, 3.8) is 0 Å². The first-order valence-electron chi connectivity index (χ1n) is 16.5. The lowest BCUT2D eigenvalue weighted by Crippen LogP contribution is -2.48. The Hall–Kier alpha value is -3.61. The molecule has 48 heavy (non-hydrogen) atoms. The van der Waals surface area contributed by atoms with E-state index in [0.29, 0.717) is 42.5 Å². The molecule has 254 valence electrons. The monoisotopic (exact) mass is 692 g/mol. The summed E-state index contributed by atoms with van der Waals surface area (Å²) in [6, 6.07) is 22.3. The SMILES string of the molecule is C[C@H]1[C@H]([Si](C)(C)F)[C@@H](CC(=O)N(CCO)Cc2ccccc2)O[C@]12C(=O)N(Cc1ccc(N3CCNCC3=O)cc1)c1ccc(Cl)cc12. The van der Waals surface area contributed by atoms with Crippen LogP contribution in [0.25, 0.3) is 0 Å². The van der Waals surface area contributed by atoms with Crippen molar-refractivity contribution in [1.29, 1.82) is 0 Å². The van der Waals surface area contributed by atoms with E-state index in [4.69, 9.17) is 16.3 Å². The predicted octanol–water partition coefficient (Wildman–Crippen LogP) is 5.01. The molecule has 3 aliphatic rings. The zero-order valence-corrected chi connectivity index (χ0v) is 29.3. The van der Waals surface area contributed by atoms with Crippen LogP contribution in [-0.2, 0) is 37.8 Å². The van der Waals surface area contributed by atoms with Gasteiger partial charge in [-0.1, -0.05) is 61.0 Å². The second kappa shape index (κ2) is 13.7. The maximum Gasteiger partial charge on any atom is 0.264 e. The van der Waals surface area contributed by atoms with Crippen molar-refractivity contribution in [3.8, 4) is 0 Å². The number of nitrogens with zero attached hydrogens (tertiary/aromatic N) is 3. The number of carbonyl (C=O) groups excluding carboxylic acids is 3. The molecule has 3 aromatic rings. The third-order valence-electron chi connectivity index (χ3n) is 9.92. The Labute approximate surface area is 286 Å². The van der Waals surface area contributed by atoms with Crippen LogP contribution >= 0.6 is 11.6 Å². The van der Waals surface area contributed by atoms with E-state index in [1.807, 2.05) is 61.5 Å². The lowest BCUT2D eigenvalue weighted by Gasteiger charge is -2.31. The van der Waals surface area contributed by atoms with Crippen molar-refractivity contribution in [3.05, 3.63) is 94.5 Å². The quantitative estimate of drug-likeness (QED) is 0.229. The smallest absolute Gasteiger partial charge is 0.264 e. The van der Waals surface area contributed by atoms with Gasteiger partial charge in [0.25, 0.3) is 5.91 Å². The summed E-state index contributed by atoms with van der Waals surface area (Å²) in [6.07, 6.45) is -0.984. The van der Waals surface area contributed by atoms with Crippen molar-refractivity contribution in [1.82, 2.24) is 10.2 Å². The predicted molar refractivity (Wildman–Crippen MR) is 186 cm³/mol. The number of ether oxygens (including phenoxy) is 1. The molecule has 0 bridgehead atoms. The highest BCUT2D eigenvalue weighted by Crippen LogP contribution is 2.60. The molecule has 1 spiro atoms. The first kappa shape index (κ1) is 34.3. The summed E-state index contributed by atoms with van der Waals surface area (Å²) in [4.78, 5) is 45.9. The van der Waals surface area contributed by atoms with Gasteiger partial charge in [-0.25, -0.2) is 0 Å². The minimum absolute atomic E-state index is 0.00492. The lowest BCUT2D eigenvalue weighted by molar-refractivity contribution is -0.150. The van der Waals surface area contributed by atoms with E-state index in [2.05, 4.69) is 5.32 Å². The number of halogens is 2. The van der Waals surface area contributed by atoms with Crippen molar-refractivity contribution >= 4 is 49.1 Å². The fourth-order valence-electron chi connectivity index (χ4n) is 7.74. The van der Waals surface area contributed by atoms with Gasteiger partial charge in [0, 0.05) is 53.9 Å². The first-order valence-corrected chi connectivity index (χ1v) is 19.8. The van der Waals surface area contributed by atoms with Gasteiger partial charge in [0.05, 0.1) is 37.9 Å². The van der Waals surface area contributed by atoms with E-state index < -0.39 is 31.6 Å². The summed E-state index contributed by atoms with van der Waals surface area (Å²) in [6.45, 7) is 7.07. The van der Waals surface area contributed by atoms with Gasteiger partial charge < -0.3 is 34.0 Å². The molecule has 3 amide bonds. The van der Waals surface area contributed by atoms with Crippen molar-refractivity contribution < 1.29 is 28.3 Å².